The molecule has 1 saturated heterocycles. The number of hydrogen-bond donors (Lipinski definition) is 1. The summed E-state index contributed by atoms with van der Waals surface area (Å²) < 4.78 is 0. The van der Waals surface area contributed by atoms with Crippen LogP contribution in [0.4, 0.5) is 0 Å². The number of aliphatic carboxylic acids is 1. The molecular weight excluding hydrogens is 198 g/mol. The van der Waals surface area contributed by atoms with E-state index in [1.54, 1.807) is 6.92 Å². The lowest BCUT2D eigenvalue weighted by atomic mass is 10.2. The Balaban J connectivity index is 2.65. The van der Waals surface area contributed by atoms with Gasteiger partial charge in [0.25, 0.3) is 0 Å². The molecule has 0 radical (unpaired) electrons. The van der Waals surface area contributed by atoms with Gasteiger partial charge in [0, 0.05) is 25.0 Å². The SMILES string of the molecule is CCC(=CCN1C(=O)CCC1=O)C(=O)O. The van der Waals surface area contributed by atoms with E-state index >= 15 is 0 Å². The predicted molar refractivity (Wildman–Crippen MR) is 52.0 cm³/mol. The number of carboxylic acids is 1. The summed E-state index contributed by atoms with van der Waals surface area (Å²) in [6, 6.07) is 0. The van der Waals surface area contributed by atoms with Gasteiger partial charge in [0.15, 0.2) is 0 Å². The maximum Gasteiger partial charge on any atom is 0.331 e. The molecule has 1 rings (SSSR count). The van der Waals surface area contributed by atoms with Crippen LogP contribution < -0.4 is 0 Å². The molecule has 0 saturated carbocycles. The molecule has 82 valence electrons. The van der Waals surface area contributed by atoms with Crippen LogP contribution >= 0.6 is 0 Å². The molecule has 1 N–H and O–H groups in total. The van der Waals surface area contributed by atoms with Crippen molar-refractivity contribution in [2.75, 3.05) is 6.54 Å². The van der Waals surface area contributed by atoms with Crippen LogP contribution in [0, 0.1) is 0 Å². The summed E-state index contributed by atoms with van der Waals surface area (Å²) in [6.45, 7) is 1.79. The Morgan fingerprint density at radius 3 is 2.33 bits per heavy atom. The van der Waals surface area contributed by atoms with E-state index < -0.39 is 5.97 Å². The van der Waals surface area contributed by atoms with E-state index in [2.05, 4.69) is 0 Å². The van der Waals surface area contributed by atoms with E-state index in [1.807, 2.05) is 0 Å². The number of carbonyl (C=O) groups excluding carboxylic acids is 2. The lowest BCUT2D eigenvalue weighted by molar-refractivity contribution is -0.138. The molecule has 1 fully saturated rings. The van der Waals surface area contributed by atoms with E-state index in [0.29, 0.717) is 6.42 Å². The van der Waals surface area contributed by atoms with Crippen molar-refractivity contribution >= 4 is 17.8 Å². The summed E-state index contributed by atoms with van der Waals surface area (Å²) >= 11 is 0. The first kappa shape index (κ1) is 11.4. The van der Waals surface area contributed by atoms with Gasteiger partial charge in [0.2, 0.25) is 11.8 Å². The molecule has 1 heterocycles. The van der Waals surface area contributed by atoms with Crippen LogP contribution in [-0.2, 0) is 14.4 Å². The predicted octanol–water partition coefficient (Wildman–Crippen LogP) is 0.556. The second-order valence-corrected chi connectivity index (χ2v) is 3.29. The summed E-state index contributed by atoms with van der Waals surface area (Å²) in [5.74, 6) is -1.45. The quantitative estimate of drug-likeness (QED) is 0.544. The zero-order valence-corrected chi connectivity index (χ0v) is 8.52. The Hall–Kier alpha value is -1.65. The minimum Gasteiger partial charge on any atom is -0.478 e. The van der Waals surface area contributed by atoms with Gasteiger partial charge >= 0.3 is 5.97 Å². The highest BCUT2D eigenvalue weighted by Gasteiger charge is 2.27. The van der Waals surface area contributed by atoms with Gasteiger partial charge in [0.05, 0.1) is 0 Å². The molecule has 2 amide bonds. The monoisotopic (exact) mass is 211 g/mol. The molecule has 0 unspecified atom stereocenters. The van der Waals surface area contributed by atoms with Gasteiger partial charge < -0.3 is 5.11 Å². The molecule has 1 aliphatic heterocycles. The number of carbonyl (C=O) groups is 3. The van der Waals surface area contributed by atoms with Crippen molar-refractivity contribution in [2.45, 2.75) is 26.2 Å². The summed E-state index contributed by atoms with van der Waals surface area (Å²) in [7, 11) is 0. The average Bonchev–Trinajstić information content (AvgIpc) is 2.49. The fourth-order valence-corrected chi connectivity index (χ4v) is 1.41. The van der Waals surface area contributed by atoms with Crippen molar-refractivity contribution < 1.29 is 19.5 Å². The number of imide groups is 1. The Kier molecular flexibility index (Phi) is 3.60. The van der Waals surface area contributed by atoms with Crippen molar-refractivity contribution in [1.29, 1.82) is 0 Å². The molecule has 0 spiro atoms. The Bertz CT molecular complexity index is 316. The fraction of sp³-hybridized carbons (Fsp3) is 0.500. The highest BCUT2D eigenvalue weighted by Crippen LogP contribution is 2.12. The van der Waals surface area contributed by atoms with E-state index in [4.69, 9.17) is 5.11 Å². The number of amides is 2. The van der Waals surface area contributed by atoms with Crippen molar-refractivity contribution in [1.82, 2.24) is 4.90 Å². The lowest BCUT2D eigenvalue weighted by Gasteiger charge is -2.10. The molecule has 0 aromatic heterocycles. The van der Waals surface area contributed by atoms with Crippen LogP contribution in [0.3, 0.4) is 0 Å². The number of likely N-dealkylation sites (tertiary alicyclic amines) is 1. The summed E-state index contributed by atoms with van der Waals surface area (Å²) in [4.78, 5) is 34.1. The maximum atomic E-state index is 11.2. The van der Waals surface area contributed by atoms with Crippen LogP contribution in [0.15, 0.2) is 11.6 Å². The number of nitrogens with zero attached hydrogens (tertiary/aromatic N) is 1. The van der Waals surface area contributed by atoms with Gasteiger partial charge in [-0.25, -0.2) is 4.79 Å². The molecule has 1 aliphatic rings. The minimum absolute atomic E-state index is 0.0765. The van der Waals surface area contributed by atoms with E-state index in [9.17, 15) is 14.4 Å². The summed E-state index contributed by atoms with van der Waals surface area (Å²) in [5, 5.41) is 8.72. The second-order valence-electron chi connectivity index (χ2n) is 3.29. The Morgan fingerprint density at radius 1 is 1.40 bits per heavy atom. The highest BCUT2D eigenvalue weighted by atomic mass is 16.4. The van der Waals surface area contributed by atoms with Crippen LogP contribution in [0.25, 0.3) is 0 Å². The highest BCUT2D eigenvalue weighted by molar-refractivity contribution is 6.02. The zero-order valence-electron chi connectivity index (χ0n) is 8.52. The molecule has 5 nitrogen and oxygen atoms in total. The maximum absolute atomic E-state index is 11.2. The third kappa shape index (κ3) is 2.65. The molecule has 0 atom stereocenters. The standard InChI is InChI=1S/C10H13NO4/c1-2-7(10(14)15)5-6-11-8(12)3-4-9(11)13/h5H,2-4,6H2,1H3,(H,14,15). The number of carboxylic acid groups (broad SMARTS) is 1. The first-order valence-corrected chi connectivity index (χ1v) is 4.81. The molecule has 5 heteroatoms. The number of hydrogen-bond acceptors (Lipinski definition) is 3. The molecule has 0 bridgehead atoms. The van der Waals surface area contributed by atoms with Gasteiger partial charge in [-0.1, -0.05) is 13.0 Å². The van der Waals surface area contributed by atoms with Crippen molar-refractivity contribution in [3.8, 4) is 0 Å². The normalized spacial score (nSPS) is 17.4. The third-order valence-electron chi connectivity index (χ3n) is 2.33. The molecule has 15 heavy (non-hydrogen) atoms. The fourth-order valence-electron chi connectivity index (χ4n) is 1.41. The number of rotatable bonds is 4. The molecule has 0 aromatic carbocycles. The second kappa shape index (κ2) is 4.72. The third-order valence-corrected chi connectivity index (χ3v) is 2.33. The van der Waals surface area contributed by atoms with Gasteiger partial charge in [-0.05, 0) is 6.42 Å². The Labute approximate surface area is 87.4 Å². The first-order valence-electron chi connectivity index (χ1n) is 4.81. The van der Waals surface area contributed by atoms with Crippen molar-refractivity contribution in [3.05, 3.63) is 11.6 Å². The van der Waals surface area contributed by atoms with Gasteiger partial charge in [-0.3, -0.25) is 14.5 Å². The average molecular weight is 211 g/mol. The summed E-state index contributed by atoms with van der Waals surface area (Å²) in [5.41, 5.74) is 0.225. The van der Waals surface area contributed by atoms with Gasteiger partial charge in [0.1, 0.15) is 0 Å². The van der Waals surface area contributed by atoms with E-state index in [0.717, 1.165) is 4.90 Å². The van der Waals surface area contributed by atoms with E-state index in [-0.39, 0.29) is 36.8 Å². The van der Waals surface area contributed by atoms with Crippen LogP contribution in [0.2, 0.25) is 0 Å². The van der Waals surface area contributed by atoms with Crippen molar-refractivity contribution in [3.63, 3.8) is 0 Å². The molecule has 0 aliphatic carbocycles. The first-order chi connectivity index (χ1) is 7.06. The Morgan fingerprint density at radius 2 is 1.93 bits per heavy atom. The summed E-state index contributed by atoms with van der Waals surface area (Å²) in [6.07, 6.45) is 2.28. The molecule has 0 aromatic rings. The van der Waals surface area contributed by atoms with Gasteiger partial charge in [-0.15, -0.1) is 0 Å². The lowest BCUT2D eigenvalue weighted by Crippen LogP contribution is -2.29. The largest absolute Gasteiger partial charge is 0.478 e. The van der Waals surface area contributed by atoms with Gasteiger partial charge in [-0.2, -0.15) is 0 Å². The minimum atomic E-state index is -1.00. The zero-order chi connectivity index (χ0) is 11.4. The molecular formula is C10H13NO4. The van der Waals surface area contributed by atoms with Crippen LogP contribution in [0.1, 0.15) is 26.2 Å². The van der Waals surface area contributed by atoms with Crippen LogP contribution in [0.5, 0.6) is 0 Å². The van der Waals surface area contributed by atoms with Crippen LogP contribution in [-0.4, -0.2) is 34.3 Å². The smallest absolute Gasteiger partial charge is 0.331 e. The van der Waals surface area contributed by atoms with Crippen molar-refractivity contribution in [2.24, 2.45) is 0 Å². The topological polar surface area (TPSA) is 74.7 Å². The van der Waals surface area contributed by atoms with E-state index in [1.165, 1.54) is 6.08 Å².